The first-order valence-electron chi connectivity index (χ1n) is 7.17. The highest BCUT2D eigenvalue weighted by molar-refractivity contribution is 5.49. The van der Waals surface area contributed by atoms with Gasteiger partial charge in [0.25, 0.3) is 0 Å². The van der Waals surface area contributed by atoms with Crippen molar-refractivity contribution in [3.63, 3.8) is 0 Å². The van der Waals surface area contributed by atoms with E-state index in [9.17, 15) is 0 Å². The Balaban J connectivity index is 2.25. The molecule has 0 atom stereocenters. The number of unbranched alkanes of at least 4 members (excludes halogenated alkanes) is 1. The van der Waals surface area contributed by atoms with Gasteiger partial charge in [0.1, 0.15) is 0 Å². The molecule has 1 rings (SSSR count). The van der Waals surface area contributed by atoms with Crippen LogP contribution < -0.4 is 10.1 Å². The van der Waals surface area contributed by atoms with Crippen molar-refractivity contribution in [2.45, 2.75) is 46.1 Å². The number of anilines is 1. The third kappa shape index (κ3) is 7.01. The lowest BCUT2D eigenvalue weighted by Gasteiger charge is -2.14. The lowest BCUT2D eigenvalue weighted by molar-refractivity contribution is 0.131. The highest BCUT2D eigenvalue weighted by Crippen LogP contribution is 2.21. The van der Waals surface area contributed by atoms with Gasteiger partial charge >= 0.3 is 0 Å². The van der Waals surface area contributed by atoms with E-state index in [1.165, 1.54) is 6.42 Å². The number of hydrogen-bond donors (Lipinski definition) is 1. The van der Waals surface area contributed by atoms with Gasteiger partial charge < -0.3 is 14.8 Å². The van der Waals surface area contributed by atoms with E-state index in [0.717, 1.165) is 44.2 Å². The van der Waals surface area contributed by atoms with Gasteiger partial charge in [-0.25, -0.2) is 4.98 Å². The molecule has 0 spiro atoms. The molecule has 0 amide bonds. The molecule has 0 unspecified atom stereocenters. The van der Waals surface area contributed by atoms with Crippen LogP contribution in [0.15, 0.2) is 18.3 Å². The van der Waals surface area contributed by atoms with E-state index in [-0.39, 0.29) is 6.10 Å². The topological polar surface area (TPSA) is 43.4 Å². The van der Waals surface area contributed by atoms with Crippen molar-refractivity contribution >= 4 is 5.82 Å². The molecule has 0 aromatic carbocycles. The summed E-state index contributed by atoms with van der Waals surface area (Å²) in [6.45, 7) is 8.69. The van der Waals surface area contributed by atoms with Crippen LogP contribution in [0.4, 0.5) is 5.82 Å². The Hall–Kier alpha value is -1.29. The molecule has 4 heteroatoms. The molecule has 4 nitrogen and oxygen atoms in total. The molecule has 0 aliphatic heterocycles. The lowest BCUT2D eigenvalue weighted by Crippen LogP contribution is -2.11. The van der Waals surface area contributed by atoms with Crippen LogP contribution in [0.1, 0.15) is 40.0 Å². The summed E-state index contributed by atoms with van der Waals surface area (Å²) in [6, 6.07) is 3.82. The van der Waals surface area contributed by atoms with Gasteiger partial charge in [0, 0.05) is 26.0 Å². The summed E-state index contributed by atoms with van der Waals surface area (Å²) in [6.07, 6.45) is 5.22. The normalized spacial score (nSPS) is 10.7. The van der Waals surface area contributed by atoms with E-state index < -0.39 is 0 Å². The second-order valence-electron chi connectivity index (χ2n) is 4.76. The number of rotatable bonds is 10. The number of aromatic nitrogens is 1. The molecule has 1 N–H and O–H groups in total. The molecule has 0 aliphatic carbocycles. The van der Waals surface area contributed by atoms with Crippen LogP contribution in [0.5, 0.6) is 5.75 Å². The molecule has 108 valence electrons. The highest BCUT2D eigenvalue weighted by Gasteiger charge is 2.05. The molecule has 0 saturated carbocycles. The maximum Gasteiger partial charge on any atom is 0.168 e. The van der Waals surface area contributed by atoms with Crippen molar-refractivity contribution in [1.29, 1.82) is 0 Å². The molecule has 0 bridgehead atoms. The Bertz CT molecular complexity index is 343. The Morgan fingerprint density at radius 1 is 1.26 bits per heavy atom. The van der Waals surface area contributed by atoms with Crippen LogP contribution in [0.25, 0.3) is 0 Å². The summed E-state index contributed by atoms with van der Waals surface area (Å²) in [5, 5.41) is 3.29. The molecule has 19 heavy (non-hydrogen) atoms. The van der Waals surface area contributed by atoms with Gasteiger partial charge in [-0.05, 0) is 38.8 Å². The molecule has 1 aromatic heterocycles. The fourth-order valence-corrected chi connectivity index (χ4v) is 1.60. The first-order chi connectivity index (χ1) is 9.24. The van der Waals surface area contributed by atoms with Crippen LogP contribution in [-0.2, 0) is 4.74 Å². The average Bonchev–Trinajstić information content (AvgIpc) is 2.39. The lowest BCUT2D eigenvalue weighted by atomic mass is 10.3. The summed E-state index contributed by atoms with van der Waals surface area (Å²) in [4.78, 5) is 4.30. The Kier molecular flexibility index (Phi) is 7.98. The van der Waals surface area contributed by atoms with Crippen LogP contribution in [0, 0.1) is 0 Å². The second-order valence-corrected chi connectivity index (χ2v) is 4.76. The molecule has 0 radical (unpaired) electrons. The van der Waals surface area contributed by atoms with Gasteiger partial charge in [-0.2, -0.15) is 0 Å². The third-order valence-electron chi connectivity index (χ3n) is 2.53. The maximum atomic E-state index is 5.70. The quantitative estimate of drug-likeness (QED) is 0.658. The van der Waals surface area contributed by atoms with Crippen molar-refractivity contribution in [1.82, 2.24) is 4.98 Å². The molecule has 0 fully saturated rings. The van der Waals surface area contributed by atoms with E-state index in [1.807, 2.05) is 26.0 Å². The average molecular weight is 266 g/mol. The number of ether oxygens (including phenoxy) is 2. The fourth-order valence-electron chi connectivity index (χ4n) is 1.60. The maximum absolute atomic E-state index is 5.70. The van der Waals surface area contributed by atoms with Gasteiger partial charge in [-0.3, -0.25) is 0 Å². The monoisotopic (exact) mass is 266 g/mol. The zero-order valence-electron chi connectivity index (χ0n) is 12.3. The Morgan fingerprint density at radius 3 is 2.79 bits per heavy atom. The third-order valence-corrected chi connectivity index (χ3v) is 2.53. The fraction of sp³-hybridized carbons (Fsp3) is 0.667. The minimum Gasteiger partial charge on any atom is -0.487 e. The van der Waals surface area contributed by atoms with Crippen molar-refractivity contribution in [3.05, 3.63) is 18.3 Å². The van der Waals surface area contributed by atoms with Crippen molar-refractivity contribution in [3.8, 4) is 5.75 Å². The summed E-state index contributed by atoms with van der Waals surface area (Å²) in [5.74, 6) is 1.62. The summed E-state index contributed by atoms with van der Waals surface area (Å²) < 4.78 is 11.2. The van der Waals surface area contributed by atoms with Crippen LogP contribution in [0.2, 0.25) is 0 Å². The number of pyridine rings is 1. The van der Waals surface area contributed by atoms with Crippen molar-refractivity contribution in [2.24, 2.45) is 0 Å². The van der Waals surface area contributed by atoms with Gasteiger partial charge in [-0.1, -0.05) is 13.3 Å². The number of hydrogen-bond acceptors (Lipinski definition) is 4. The number of nitrogens with zero attached hydrogens (tertiary/aromatic N) is 1. The standard InChI is InChI=1S/C15H26N2O2/c1-4-5-11-18-12-7-10-17-15-14(19-13(2)3)8-6-9-16-15/h6,8-9,13H,4-5,7,10-12H2,1-3H3,(H,16,17). The molecule has 1 heterocycles. The molecule has 0 aliphatic rings. The van der Waals surface area contributed by atoms with Crippen LogP contribution in [-0.4, -0.2) is 30.8 Å². The van der Waals surface area contributed by atoms with Crippen LogP contribution in [0.3, 0.4) is 0 Å². The zero-order valence-corrected chi connectivity index (χ0v) is 12.3. The second kappa shape index (κ2) is 9.62. The minimum absolute atomic E-state index is 0.155. The molecule has 0 saturated heterocycles. The van der Waals surface area contributed by atoms with Gasteiger partial charge in [0.15, 0.2) is 11.6 Å². The highest BCUT2D eigenvalue weighted by atomic mass is 16.5. The van der Waals surface area contributed by atoms with E-state index >= 15 is 0 Å². The molecular formula is C15H26N2O2. The largest absolute Gasteiger partial charge is 0.487 e. The summed E-state index contributed by atoms with van der Waals surface area (Å²) in [7, 11) is 0. The van der Waals surface area contributed by atoms with E-state index in [0.29, 0.717) is 0 Å². The molecular weight excluding hydrogens is 240 g/mol. The SMILES string of the molecule is CCCCOCCCNc1ncccc1OC(C)C. The Morgan fingerprint density at radius 2 is 2.05 bits per heavy atom. The van der Waals surface area contributed by atoms with Gasteiger partial charge in [0.05, 0.1) is 6.10 Å². The smallest absolute Gasteiger partial charge is 0.168 e. The van der Waals surface area contributed by atoms with E-state index in [4.69, 9.17) is 9.47 Å². The predicted molar refractivity (Wildman–Crippen MR) is 78.8 cm³/mol. The van der Waals surface area contributed by atoms with Crippen LogP contribution >= 0.6 is 0 Å². The minimum atomic E-state index is 0.155. The van der Waals surface area contributed by atoms with Crippen molar-refractivity contribution < 1.29 is 9.47 Å². The first-order valence-corrected chi connectivity index (χ1v) is 7.17. The molecule has 1 aromatic rings. The van der Waals surface area contributed by atoms with Gasteiger partial charge in [-0.15, -0.1) is 0 Å². The Labute approximate surface area is 116 Å². The van der Waals surface area contributed by atoms with Gasteiger partial charge in [0.2, 0.25) is 0 Å². The number of nitrogens with one attached hydrogen (secondary N) is 1. The summed E-state index contributed by atoms with van der Waals surface area (Å²) >= 11 is 0. The zero-order chi connectivity index (χ0) is 13.9. The first kappa shape index (κ1) is 15.8. The summed E-state index contributed by atoms with van der Waals surface area (Å²) in [5.41, 5.74) is 0. The predicted octanol–water partition coefficient (Wildman–Crippen LogP) is 3.49. The van der Waals surface area contributed by atoms with Crippen molar-refractivity contribution in [2.75, 3.05) is 25.1 Å². The van der Waals surface area contributed by atoms with E-state index in [1.54, 1.807) is 6.20 Å². The van der Waals surface area contributed by atoms with E-state index in [2.05, 4.69) is 17.2 Å².